The van der Waals surface area contributed by atoms with Crippen molar-refractivity contribution in [1.82, 2.24) is 0 Å². The van der Waals surface area contributed by atoms with Gasteiger partial charge < -0.3 is 19.9 Å². The molecule has 1 aromatic heterocycles. The summed E-state index contributed by atoms with van der Waals surface area (Å²) in [5, 5.41) is 9.46. The number of benzene rings is 1. The smallest absolute Gasteiger partial charge is 0.348 e. The van der Waals surface area contributed by atoms with Gasteiger partial charge in [-0.1, -0.05) is 12.1 Å². The number of ether oxygens (including phenoxy) is 3. The second-order valence-electron chi connectivity index (χ2n) is 5.67. The predicted octanol–water partition coefficient (Wildman–Crippen LogP) is 3.20. The fourth-order valence-electron chi connectivity index (χ4n) is 2.31. The van der Waals surface area contributed by atoms with Crippen molar-refractivity contribution in [2.75, 3.05) is 12.3 Å². The molecule has 0 saturated heterocycles. The minimum absolute atomic E-state index is 0.114. The van der Waals surface area contributed by atoms with E-state index in [0.29, 0.717) is 5.75 Å². The molecule has 0 spiro atoms. The molecule has 0 fully saturated rings. The number of hydrogen-bond donors (Lipinski definition) is 1. The van der Waals surface area contributed by atoms with Crippen molar-refractivity contribution in [3.05, 3.63) is 45.8 Å². The molecule has 2 rings (SSSR count). The van der Waals surface area contributed by atoms with E-state index in [0.717, 1.165) is 16.9 Å². The molecule has 0 aliphatic heterocycles. The Labute approximate surface area is 161 Å². The maximum absolute atomic E-state index is 12.2. The fourth-order valence-corrected chi connectivity index (χ4v) is 3.23. The summed E-state index contributed by atoms with van der Waals surface area (Å²) in [5.74, 6) is -0.685. The van der Waals surface area contributed by atoms with Gasteiger partial charge in [0, 0.05) is 5.56 Å². The summed E-state index contributed by atoms with van der Waals surface area (Å²) in [4.78, 5) is 24.5. The van der Waals surface area contributed by atoms with E-state index in [9.17, 15) is 14.9 Å². The van der Waals surface area contributed by atoms with Crippen LogP contribution in [0.25, 0.3) is 0 Å². The zero-order valence-electron chi connectivity index (χ0n) is 15.3. The number of aryl methyl sites for hydroxylation is 1. The zero-order valence-corrected chi connectivity index (χ0v) is 16.1. The molecular weight excluding hydrogens is 368 g/mol. The molecule has 0 aliphatic rings. The number of carbonyl (C=O) groups is 2. The first-order chi connectivity index (χ1) is 12.9. The Bertz CT molecular complexity index is 885. The van der Waals surface area contributed by atoms with Gasteiger partial charge in [0.2, 0.25) is 0 Å². The summed E-state index contributed by atoms with van der Waals surface area (Å²) in [6.07, 6.45) is -0.862. The van der Waals surface area contributed by atoms with Crippen molar-refractivity contribution in [3.8, 4) is 11.8 Å². The molecule has 0 bridgehead atoms. The van der Waals surface area contributed by atoms with Crippen LogP contribution in [0.5, 0.6) is 5.75 Å². The van der Waals surface area contributed by atoms with Gasteiger partial charge >= 0.3 is 11.9 Å². The Morgan fingerprint density at radius 3 is 2.70 bits per heavy atom. The van der Waals surface area contributed by atoms with E-state index in [2.05, 4.69) is 0 Å². The van der Waals surface area contributed by atoms with Crippen LogP contribution in [-0.4, -0.2) is 24.6 Å². The number of nitrogens with two attached hydrogens (primary N) is 1. The Kier molecular flexibility index (Phi) is 6.79. The van der Waals surface area contributed by atoms with Crippen molar-refractivity contribution in [2.45, 2.75) is 33.5 Å². The second-order valence-corrected chi connectivity index (χ2v) is 6.72. The standard InChI is InChI=1S/C19H20N2O5S/c1-4-24-19(23)16-15(14(9-20)17(21)27-16)10-25-18(22)12(3)26-13-7-5-6-11(2)8-13/h5-8,12H,4,10,21H2,1-3H3/t12-/m1/s1. The first-order valence-corrected chi connectivity index (χ1v) is 9.07. The number of nitriles is 1. The molecule has 7 nitrogen and oxygen atoms in total. The lowest BCUT2D eigenvalue weighted by Gasteiger charge is -2.14. The zero-order chi connectivity index (χ0) is 20.0. The Hall–Kier alpha value is -3.05. The van der Waals surface area contributed by atoms with Crippen LogP contribution in [0.2, 0.25) is 0 Å². The van der Waals surface area contributed by atoms with Gasteiger partial charge in [-0.05, 0) is 38.5 Å². The SMILES string of the molecule is CCOC(=O)c1sc(N)c(C#N)c1COC(=O)[C@@H](C)Oc1cccc(C)c1. The highest BCUT2D eigenvalue weighted by molar-refractivity contribution is 7.18. The first-order valence-electron chi connectivity index (χ1n) is 8.25. The number of thiophene rings is 1. The molecule has 1 heterocycles. The first kappa shape index (κ1) is 20.3. The number of rotatable bonds is 7. The third kappa shape index (κ3) is 4.99. The van der Waals surface area contributed by atoms with Crippen LogP contribution in [0, 0.1) is 18.3 Å². The van der Waals surface area contributed by atoms with Gasteiger partial charge in [-0.2, -0.15) is 5.26 Å². The highest BCUT2D eigenvalue weighted by atomic mass is 32.1. The Balaban J connectivity index is 2.10. The third-order valence-corrected chi connectivity index (χ3v) is 4.64. The van der Waals surface area contributed by atoms with Gasteiger partial charge in [-0.3, -0.25) is 0 Å². The summed E-state index contributed by atoms with van der Waals surface area (Å²) in [7, 11) is 0. The van der Waals surface area contributed by atoms with Crippen LogP contribution < -0.4 is 10.5 Å². The van der Waals surface area contributed by atoms with Crippen LogP contribution in [0.1, 0.15) is 40.2 Å². The van der Waals surface area contributed by atoms with Crippen molar-refractivity contribution in [3.63, 3.8) is 0 Å². The summed E-state index contributed by atoms with van der Waals surface area (Å²) in [6.45, 7) is 5.05. The molecule has 1 aromatic carbocycles. The van der Waals surface area contributed by atoms with Crippen LogP contribution >= 0.6 is 11.3 Å². The summed E-state index contributed by atoms with van der Waals surface area (Å²) >= 11 is 0.936. The van der Waals surface area contributed by atoms with Gasteiger partial charge in [0.25, 0.3) is 0 Å². The number of carbonyl (C=O) groups excluding carboxylic acids is 2. The molecule has 0 saturated carbocycles. The van der Waals surface area contributed by atoms with E-state index in [1.807, 2.05) is 25.1 Å². The Morgan fingerprint density at radius 1 is 1.33 bits per heavy atom. The quantitative estimate of drug-likeness (QED) is 0.725. The maximum atomic E-state index is 12.2. The van der Waals surface area contributed by atoms with Crippen molar-refractivity contribution >= 4 is 28.3 Å². The van der Waals surface area contributed by atoms with Gasteiger partial charge in [0.15, 0.2) is 6.10 Å². The maximum Gasteiger partial charge on any atom is 0.348 e. The van der Waals surface area contributed by atoms with Gasteiger partial charge in [-0.15, -0.1) is 11.3 Å². The molecule has 0 unspecified atom stereocenters. The summed E-state index contributed by atoms with van der Waals surface area (Å²) < 4.78 is 15.8. The molecule has 2 aromatic rings. The molecule has 8 heteroatoms. The molecule has 0 radical (unpaired) electrons. The van der Waals surface area contributed by atoms with Gasteiger partial charge in [-0.25, -0.2) is 9.59 Å². The lowest BCUT2D eigenvalue weighted by Crippen LogP contribution is -2.26. The number of anilines is 1. The van der Waals surface area contributed by atoms with Crippen LogP contribution in [0.4, 0.5) is 5.00 Å². The van der Waals surface area contributed by atoms with Gasteiger partial charge in [0.05, 0.1) is 12.2 Å². The molecular formula is C19H20N2O5S. The highest BCUT2D eigenvalue weighted by Crippen LogP contribution is 2.32. The number of nitrogen functional groups attached to an aromatic ring is 1. The monoisotopic (exact) mass is 388 g/mol. The Morgan fingerprint density at radius 2 is 2.07 bits per heavy atom. The minimum Gasteiger partial charge on any atom is -0.479 e. The van der Waals surface area contributed by atoms with Crippen LogP contribution in [0.15, 0.2) is 24.3 Å². The molecule has 1 atom stereocenters. The van der Waals surface area contributed by atoms with Crippen LogP contribution in [-0.2, 0) is 20.9 Å². The average Bonchev–Trinajstić information content (AvgIpc) is 2.95. The number of hydrogen-bond acceptors (Lipinski definition) is 8. The molecule has 0 amide bonds. The lowest BCUT2D eigenvalue weighted by molar-refractivity contribution is -0.152. The number of nitrogens with zero attached hydrogens (tertiary/aromatic N) is 1. The predicted molar refractivity (Wildman–Crippen MR) is 100 cm³/mol. The summed E-state index contributed by atoms with van der Waals surface area (Å²) in [6, 6.07) is 9.21. The van der Waals surface area contributed by atoms with Gasteiger partial charge in [0.1, 0.15) is 28.3 Å². The van der Waals surface area contributed by atoms with E-state index in [-0.39, 0.29) is 34.2 Å². The molecule has 27 heavy (non-hydrogen) atoms. The second kappa shape index (κ2) is 9.05. The number of esters is 2. The van der Waals surface area contributed by atoms with E-state index in [1.165, 1.54) is 0 Å². The topological polar surface area (TPSA) is 112 Å². The largest absolute Gasteiger partial charge is 0.479 e. The fraction of sp³-hybridized carbons (Fsp3) is 0.316. The molecule has 142 valence electrons. The van der Waals surface area contributed by atoms with E-state index < -0.39 is 18.0 Å². The third-order valence-electron chi connectivity index (χ3n) is 3.60. The average molecular weight is 388 g/mol. The van der Waals surface area contributed by atoms with Crippen LogP contribution in [0.3, 0.4) is 0 Å². The molecule has 0 aliphatic carbocycles. The normalized spacial score (nSPS) is 11.3. The van der Waals surface area contributed by atoms with Crippen molar-refractivity contribution in [2.24, 2.45) is 0 Å². The minimum atomic E-state index is -0.862. The van der Waals surface area contributed by atoms with Crippen molar-refractivity contribution < 1.29 is 23.8 Å². The highest BCUT2D eigenvalue weighted by Gasteiger charge is 2.25. The van der Waals surface area contributed by atoms with E-state index in [4.69, 9.17) is 19.9 Å². The van der Waals surface area contributed by atoms with E-state index in [1.54, 1.807) is 26.0 Å². The summed E-state index contributed by atoms with van der Waals surface area (Å²) in [5.41, 5.74) is 7.15. The lowest BCUT2D eigenvalue weighted by atomic mass is 10.1. The van der Waals surface area contributed by atoms with E-state index >= 15 is 0 Å². The molecule has 2 N–H and O–H groups in total. The van der Waals surface area contributed by atoms with Crippen molar-refractivity contribution in [1.29, 1.82) is 5.26 Å².